The van der Waals surface area contributed by atoms with Crippen LogP contribution in [-0.4, -0.2) is 43.3 Å². The van der Waals surface area contributed by atoms with Crippen LogP contribution >= 0.6 is 0 Å². The van der Waals surface area contributed by atoms with Gasteiger partial charge in [0.15, 0.2) is 0 Å². The van der Waals surface area contributed by atoms with Gasteiger partial charge in [-0.15, -0.1) is 0 Å². The standard InChI is InChI=1S/C10H21N3/c1-10(2,3)8-9-12-5-7-13(9)6-4-11-8/h8-9,11-12H,4-7H2,1-3H3. The average Bonchev–Trinajstić information content (AvgIpc) is 2.48. The van der Waals surface area contributed by atoms with Crippen molar-refractivity contribution in [3.63, 3.8) is 0 Å². The smallest absolute Gasteiger partial charge is 0.0761 e. The van der Waals surface area contributed by atoms with Crippen molar-refractivity contribution in [1.82, 2.24) is 15.5 Å². The lowest BCUT2D eigenvalue weighted by Gasteiger charge is -2.43. The van der Waals surface area contributed by atoms with E-state index in [2.05, 4.69) is 36.3 Å². The third-order valence-corrected chi connectivity index (χ3v) is 3.16. The van der Waals surface area contributed by atoms with Crippen LogP contribution in [0.3, 0.4) is 0 Å². The van der Waals surface area contributed by atoms with Crippen molar-refractivity contribution in [3.8, 4) is 0 Å². The Bertz CT molecular complexity index is 185. The maximum Gasteiger partial charge on any atom is 0.0761 e. The lowest BCUT2D eigenvalue weighted by atomic mass is 9.83. The van der Waals surface area contributed by atoms with Crippen LogP contribution in [-0.2, 0) is 0 Å². The predicted molar refractivity (Wildman–Crippen MR) is 54.6 cm³/mol. The van der Waals surface area contributed by atoms with Crippen molar-refractivity contribution in [2.75, 3.05) is 26.2 Å². The topological polar surface area (TPSA) is 27.3 Å². The zero-order valence-corrected chi connectivity index (χ0v) is 8.93. The second kappa shape index (κ2) is 3.23. The summed E-state index contributed by atoms with van der Waals surface area (Å²) in [6, 6.07) is 0.587. The van der Waals surface area contributed by atoms with Gasteiger partial charge in [0, 0.05) is 32.2 Å². The molecule has 2 saturated heterocycles. The molecule has 0 saturated carbocycles. The summed E-state index contributed by atoms with van der Waals surface area (Å²) in [4.78, 5) is 2.56. The Morgan fingerprint density at radius 2 is 1.69 bits per heavy atom. The second-order valence-corrected chi connectivity index (χ2v) is 5.23. The van der Waals surface area contributed by atoms with Crippen LogP contribution in [0.5, 0.6) is 0 Å². The Kier molecular flexibility index (Phi) is 2.34. The number of hydrogen-bond acceptors (Lipinski definition) is 3. The highest BCUT2D eigenvalue weighted by atomic mass is 15.4. The predicted octanol–water partition coefficient (Wildman–Crippen LogP) is 0.236. The zero-order chi connectivity index (χ0) is 9.47. The largest absolute Gasteiger partial charge is 0.309 e. The normalized spacial score (nSPS) is 36.2. The number of piperazine rings is 1. The minimum Gasteiger partial charge on any atom is -0.309 e. The first kappa shape index (κ1) is 9.44. The molecule has 2 atom stereocenters. The molecule has 0 bridgehead atoms. The first-order valence-electron chi connectivity index (χ1n) is 5.30. The summed E-state index contributed by atoms with van der Waals surface area (Å²) >= 11 is 0. The minimum atomic E-state index is 0.348. The molecule has 0 amide bonds. The van der Waals surface area contributed by atoms with E-state index in [0.29, 0.717) is 17.6 Å². The Hall–Kier alpha value is -0.120. The molecule has 2 rings (SSSR count). The molecule has 2 aliphatic heterocycles. The highest BCUT2D eigenvalue weighted by Crippen LogP contribution is 2.26. The molecular weight excluding hydrogens is 162 g/mol. The van der Waals surface area contributed by atoms with E-state index in [1.54, 1.807) is 0 Å². The van der Waals surface area contributed by atoms with Crippen molar-refractivity contribution < 1.29 is 0 Å². The summed E-state index contributed by atoms with van der Waals surface area (Å²) < 4.78 is 0. The fourth-order valence-corrected chi connectivity index (χ4v) is 2.46. The number of fused-ring (bicyclic) bond motifs is 1. The van der Waals surface area contributed by atoms with Gasteiger partial charge in [-0.2, -0.15) is 0 Å². The van der Waals surface area contributed by atoms with Crippen LogP contribution in [0.1, 0.15) is 20.8 Å². The first-order chi connectivity index (χ1) is 6.09. The monoisotopic (exact) mass is 183 g/mol. The molecule has 2 heterocycles. The Morgan fingerprint density at radius 1 is 1.08 bits per heavy atom. The van der Waals surface area contributed by atoms with Crippen molar-refractivity contribution in [3.05, 3.63) is 0 Å². The lowest BCUT2D eigenvalue weighted by molar-refractivity contribution is 0.0865. The molecule has 2 fully saturated rings. The molecule has 2 unspecified atom stereocenters. The van der Waals surface area contributed by atoms with E-state index in [1.807, 2.05) is 0 Å². The average molecular weight is 183 g/mol. The minimum absolute atomic E-state index is 0.348. The number of nitrogens with one attached hydrogen (secondary N) is 2. The fraction of sp³-hybridized carbons (Fsp3) is 1.00. The third-order valence-electron chi connectivity index (χ3n) is 3.16. The van der Waals surface area contributed by atoms with Crippen molar-refractivity contribution in [2.45, 2.75) is 33.0 Å². The molecule has 0 radical (unpaired) electrons. The fourth-order valence-electron chi connectivity index (χ4n) is 2.46. The highest BCUT2D eigenvalue weighted by Gasteiger charge is 2.40. The van der Waals surface area contributed by atoms with Gasteiger partial charge < -0.3 is 5.32 Å². The van der Waals surface area contributed by atoms with Crippen LogP contribution in [0.15, 0.2) is 0 Å². The molecule has 2 aliphatic rings. The van der Waals surface area contributed by atoms with E-state index in [4.69, 9.17) is 0 Å². The molecular formula is C10H21N3. The van der Waals surface area contributed by atoms with Crippen LogP contribution < -0.4 is 10.6 Å². The second-order valence-electron chi connectivity index (χ2n) is 5.23. The number of rotatable bonds is 0. The lowest BCUT2D eigenvalue weighted by Crippen LogP contribution is -2.63. The summed E-state index contributed by atoms with van der Waals surface area (Å²) in [5, 5.41) is 7.20. The van der Waals surface area contributed by atoms with Gasteiger partial charge in [-0.3, -0.25) is 10.2 Å². The molecule has 0 spiro atoms. The van der Waals surface area contributed by atoms with E-state index in [0.717, 1.165) is 13.1 Å². The van der Waals surface area contributed by atoms with E-state index in [9.17, 15) is 0 Å². The van der Waals surface area contributed by atoms with Crippen molar-refractivity contribution >= 4 is 0 Å². The number of nitrogens with zero attached hydrogens (tertiary/aromatic N) is 1. The maximum absolute atomic E-state index is 3.63. The molecule has 0 aromatic rings. The van der Waals surface area contributed by atoms with Gasteiger partial charge in [0.25, 0.3) is 0 Å². The van der Waals surface area contributed by atoms with Crippen molar-refractivity contribution in [1.29, 1.82) is 0 Å². The van der Waals surface area contributed by atoms with Gasteiger partial charge in [0.05, 0.1) is 6.17 Å². The van der Waals surface area contributed by atoms with E-state index in [1.165, 1.54) is 13.1 Å². The zero-order valence-electron chi connectivity index (χ0n) is 8.93. The van der Waals surface area contributed by atoms with Crippen LogP contribution in [0.4, 0.5) is 0 Å². The SMILES string of the molecule is CC(C)(C)C1NCCN2CCNC12. The van der Waals surface area contributed by atoms with E-state index < -0.39 is 0 Å². The molecule has 0 aromatic heterocycles. The van der Waals surface area contributed by atoms with Gasteiger partial charge in [-0.1, -0.05) is 20.8 Å². The first-order valence-corrected chi connectivity index (χ1v) is 5.30. The molecule has 13 heavy (non-hydrogen) atoms. The Balaban J connectivity index is 2.10. The van der Waals surface area contributed by atoms with Crippen molar-refractivity contribution in [2.24, 2.45) is 5.41 Å². The Morgan fingerprint density at radius 3 is 2.31 bits per heavy atom. The van der Waals surface area contributed by atoms with Gasteiger partial charge in [-0.05, 0) is 5.41 Å². The van der Waals surface area contributed by atoms with Gasteiger partial charge in [-0.25, -0.2) is 0 Å². The van der Waals surface area contributed by atoms with Crippen LogP contribution in [0.2, 0.25) is 0 Å². The molecule has 3 heteroatoms. The van der Waals surface area contributed by atoms with Gasteiger partial charge in [0.1, 0.15) is 0 Å². The van der Waals surface area contributed by atoms with Gasteiger partial charge >= 0.3 is 0 Å². The summed E-state index contributed by atoms with van der Waals surface area (Å²) in [6.45, 7) is 11.7. The highest BCUT2D eigenvalue weighted by molar-refractivity contribution is 4.97. The van der Waals surface area contributed by atoms with E-state index in [-0.39, 0.29) is 0 Å². The quantitative estimate of drug-likeness (QED) is 0.563. The third kappa shape index (κ3) is 1.73. The number of hydrogen-bond donors (Lipinski definition) is 2. The molecule has 0 aromatic carbocycles. The van der Waals surface area contributed by atoms with Crippen LogP contribution in [0.25, 0.3) is 0 Å². The molecule has 76 valence electrons. The maximum atomic E-state index is 3.63. The summed E-state index contributed by atoms with van der Waals surface area (Å²) in [7, 11) is 0. The summed E-state index contributed by atoms with van der Waals surface area (Å²) in [5.74, 6) is 0. The van der Waals surface area contributed by atoms with Gasteiger partial charge in [0.2, 0.25) is 0 Å². The van der Waals surface area contributed by atoms with E-state index >= 15 is 0 Å². The Labute approximate surface area is 80.9 Å². The summed E-state index contributed by atoms with van der Waals surface area (Å²) in [5.41, 5.74) is 0.348. The molecule has 0 aliphatic carbocycles. The summed E-state index contributed by atoms with van der Waals surface area (Å²) in [6.07, 6.45) is 0.564. The van der Waals surface area contributed by atoms with Crippen LogP contribution in [0, 0.1) is 5.41 Å². The molecule has 2 N–H and O–H groups in total. The molecule has 3 nitrogen and oxygen atoms in total.